The van der Waals surface area contributed by atoms with E-state index in [-0.39, 0.29) is 5.82 Å². The van der Waals surface area contributed by atoms with Crippen LogP contribution in [0.25, 0.3) is 0 Å². The Kier molecular flexibility index (Phi) is 6.82. The third-order valence-corrected chi connectivity index (χ3v) is 2.72. The van der Waals surface area contributed by atoms with Crippen molar-refractivity contribution in [2.75, 3.05) is 26.7 Å². The summed E-state index contributed by atoms with van der Waals surface area (Å²) < 4.78 is 13.0. The standard InChI is InChI=1S/C14H23FN2/c1-3-4-8-16-9-10-17(2)12-13-6-5-7-14(15)11-13/h5-7,11,16H,3-4,8-10,12H2,1-2H3. The second-order valence-electron chi connectivity index (χ2n) is 4.47. The highest BCUT2D eigenvalue weighted by atomic mass is 19.1. The van der Waals surface area contributed by atoms with Crippen LogP contribution in [0.1, 0.15) is 25.3 Å². The van der Waals surface area contributed by atoms with E-state index >= 15 is 0 Å². The fourth-order valence-electron chi connectivity index (χ4n) is 1.72. The minimum absolute atomic E-state index is 0.156. The van der Waals surface area contributed by atoms with Gasteiger partial charge >= 0.3 is 0 Å². The van der Waals surface area contributed by atoms with Gasteiger partial charge in [0.05, 0.1) is 0 Å². The molecule has 0 aliphatic heterocycles. The van der Waals surface area contributed by atoms with Gasteiger partial charge < -0.3 is 10.2 Å². The number of rotatable bonds is 8. The Morgan fingerprint density at radius 3 is 2.82 bits per heavy atom. The summed E-state index contributed by atoms with van der Waals surface area (Å²) in [4.78, 5) is 2.20. The van der Waals surface area contributed by atoms with E-state index in [1.54, 1.807) is 12.1 Å². The molecule has 3 heteroatoms. The number of nitrogens with zero attached hydrogens (tertiary/aromatic N) is 1. The van der Waals surface area contributed by atoms with Crippen LogP contribution in [0.3, 0.4) is 0 Å². The van der Waals surface area contributed by atoms with E-state index in [0.717, 1.165) is 31.7 Å². The lowest BCUT2D eigenvalue weighted by atomic mass is 10.2. The first kappa shape index (κ1) is 14.1. The average Bonchev–Trinajstić information content (AvgIpc) is 2.29. The fraction of sp³-hybridized carbons (Fsp3) is 0.571. The molecule has 1 rings (SSSR count). The SMILES string of the molecule is CCCCNCCN(C)Cc1cccc(F)c1. The molecule has 1 aromatic carbocycles. The Morgan fingerprint density at radius 2 is 2.12 bits per heavy atom. The van der Waals surface area contributed by atoms with Crippen LogP contribution in [0.5, 0.6) is 0 Å². The van der Waals surface area contributed by atoms with Crippen molar-refractivity contribution < 1.29 is 4.39 Å². The molecule has 0 aromatic heterocycles. The summed E-state index contributed by atoms with van der Waals surface area (Å²) in [6.07, 6.45) is 2.46. The van der Waals surface area contributed by atoms with E-state index in [4.69, 9.17) is 0 Å². The lowest BCUT2D eigenvalue weighted by Gasteiger charge is -2.17. The quantitative estimate of drug-likeness (QED) is 0.700. The van der Waals surface area contributed by atoms with Gasteiger partial charge in [-0.1, -0.05) is 25.5 Å². The summed E-state index contributed by atoms with van der Waals surface area (Å²) >= 11 is 0. The molecule has 0 saturated heterocycles. The Balaban J connectivity index is 2.18. The molecule has 0 fully saturated rings. The first-order valence-corrected chi connectivity index (χ1v) is 6.36. The summed E-state index contributed by atoms with van der Waals surface area (Å²) in [6.45, 7) is 6.06. The van der Waals surface area contributed by atoms with E-state index in [1.807, 2.05) is 6.07 Å². The van der Waals surface area contributed by atoms with Gasteiger partial charge in [0.25, 0.3) is 0 Å². The maximum atomic E-state index is 13.0. The van der Waals surface area contributed by atoms with Crippen LogP contribution in [-0.2, 0) is 6.54 Å². The van der Waals surface area contributed by atoms with Gasteiger partial charge in [-0.3, -0.25) is 0 Å². The molecule has 96 valence electrons. The molecule has 1 aromatic rings. The topological polar surface area (TPSA) is 15.3 Å². The number of hydrogen-bond donors (Lipinski definition) is 1. The molecule has 0 spiro atoms. The molecule has 0 amide bonds. The number of hydrogen-bond acceptors (Lipinski definition) is 2. The van der Waals surface area contributed by atoms with E-state index in [9.17, 15) is 4.39 Å². The van der Waals surface area contributed by atoms with Crippen LogP contribution in [0, 0.1) is 5.82 Å². The molecule has 0 atom stereocenters. The zero-order chi connectivity index (χ0) is 12.5. The normalized spacial score (nSPS) is 11.1. The molecule has 0 bridgehead atoms. The van der Waals surface area contributed by atoms with E-state index in [2.05, 4.69) is 24.2 Å². The molecule has 0 unspecified atom stereocenters. The average molecular weight is 238 g/mol. The van der Waals surface area contributed by atoms with E-state index < -0.39 is 0 Å². The van der Waals surface area contributed by atoms with Crippen molar-refractivity contribution in [3.63, 3.8) is 0 Å². The lowest BCUT2D eigenvalue weighted by Crippen LogP contribution is -2.29. The number of halogens is 1. The van der Waals surface area contributed by atoms with Crippen LogP contribution in [-0.4, -0.2) is 31.6 Å². The van der Waals surface area contributed by atoms with Crippen LogP contribution in [0.4, 0.5) is 4.39 Å². The van der Waals surface area contributed by atoms with Gasteiger partial charge in [-0.05, 0) is 37.7 Å². The molecule has 2 nitrogen and oxygen atoms in total. The molecular weight excluding hydrogens is 215 g/mol. The Bertz CT molecular complexity index is 315. The second kappa shape index (κ2) is 8.20. The van der Waals surface area contributed by atoms with Gasteiger partial charge in [0.1, 0.15) is 5.82 Å². The highest BCUT2D eigenvalue weighted by Crippen LogP contribution is 2.05. The predicted octanol–water partition coefficient (Wildman–Crippen LogP) is 2.65. The maximum Gasteiger partial charge on any atom is 0.123 e. The first-order chi connectivity index (χ1) is 8.22. The van der Waals surface area contributed by atoms with Gasteiger partial charge in [0.2, 0.25) is 0 Å². The Hall–Kier alpha value is -0.930. The van der Waals surface area contributed by atoms with Crippen LogP contribution < -0.4 is 5.32 Å². The van der Waals surface area contributed by atoms with Crippen molar-refractivity contribution in [1.29, 1.82) is 0 Å². The fourth-order valence-corrected chi connectivity index (χ4v) is 1.72. The van der Waals surface area contributed by atoms with Crippen LogP contribution in [0.15, 0.2) is 24.3 Å². The van der Waals surface area contributed by atoms with E-state index in [1.165, 1.54) is 18.9 Å². The molecular formula is C14H23FN2. The first-order valence-electron chi connectivity index (χ1n) is 6.36. The van der Waals surface area contributed by atoms with Crippen molar-refractivity contribution >= 4 is 0 Å². The monoisotopic (exact) mass is 238 g/mol. The Morgan fingerprint density at radius 1 is 1.29 bits per heavy atom. The highest BCUT2D eigenvalue weighted by molar-refractivity contribution is 5.15. The van der Waals surface area contributed by atoms with Gasteiger partial charge in [-0.25, -0.2) is 4.39 Å². The maximum absolute atomic E-state index is 13.0. The van der Waals surface area contributed by atoms with Crippen molar-refractivity contribution in [2.24, 2.45) is 0 Å². The molecule has 0 aliphatic carbocycles. The summed E-state index contributed by atoms with van der Waals surface area (Å²) in [5.41, 5.74) is 1.03. The number of benzene rings is 1. The summed E-state index contributed by atoms with van der Waals surface area (Å²) in [5.74, 6) is -0.156. The van der Waals surface area contributed by atoms with Crippen molar-refractivity contribution in [2.45, 2.75) is 26.3 Å². The summed E-state index contributed by atoms with van der Waals surface area (Å²) in [6, 6.07) is 6.80. The lowest BCUT2D eigenvalue weighted by molar-refractivity contribution is 0.324. The van der Waals surface area contributed by atoms with Gasteiger partial charge in [-0.15, -0.1) is 0 Å². The molecule has 1 N–H and O–H groups in total. The van der Waals surface area contributed by atoms with Crippen molar-refractivity contribution in [3.05, 3.63) is 35.6 Å². The van der Waals surface area contributed by atoms with E-state index in [0.29, 0.717) is 0 Å². The zero-order valence-electron chi connectivity index (χ0n) is 10.9. The molecule has 17 heavy (non-hydrogen) atoms. The summed E-state index contributed by atoms with van der Waals surface area (Å²) in [7, 11) is 2.06. The predicted molar refractivity (Wildman–Crippen MR) is 70.5 cm³/mol. The van der Waals surface area contributed by atoms with Gasteiger partial charge in [-0.2, -0.15) is 0 Å². The zero-order valence-corrected chi connectivity index (χ0v) is 10.9. The molecule has 0 aliphatic rings. The number of likely N-dealkylation sites (N-methyl/N-ethyl adjacent to an activating group) is 1. The molecule has 0 radical (unpaired) electrons. The molecule has 0 heterocycles. The van der Waals surface area contributed by atoms with Crippen LogP contribution >= 0.6 is 0 Å². The largest absolute Gasteiger partial charge is 0.315 e. The third kappa shape index (κ3) is 6.39. The minimum Gasteiger partial charge on any atom is -0.315 e. The number of unbranched alkanes of at least 4 members (excludes halogenated alkanes) is 1. The van der Waals surface area contributed by atoms with Crippen molar-refractivity contribution in [3.8, 4) is 0 Å². The van der Waals surface area contributed by atoms with Gasteiger partial charge in [0, 0.05) is 19.6 Å². The van der Waals surface area contributed by atoms with Crippen molar-refractivity contribution in [1.82, 2.24) is 10.2 Å². The summed E-state index contributed by atoms with van der Waals surface area (Å²) in [5, 5.41) is 3.40. The molecule has 0 saturated carbocycles. The third-order valence-electron chi connectivity index (χ3n) is 2.72. The van der Waals surface area contributed by atoms with Gasteiger partial charge in [0.15, 0.2) is 0 Å². The minimum atomic E-state index is -0.156. The Labute approximate surface area is 104 Å². The smallest absolute Gasteiger partial charge is 0.123 e. The number of nitrogens with one attached hydrogen (secondary N) is 1. The highest BCUT2D eigenvalue weighted by Gasteiger charge is 2.00. The second-order valence-corrected chi connectivity index (χ2v) is 4.47. The van der Waals surface area contributed by atoms with Crippen LogP contribution in [0.2, 0.25) is 0 Å².